The normalized spacial score (nSPS) is 23.9. The van der Waals surface area contributed by atoms with Gasteiger partial charge in [-0.2, -0.15) is 0 Å². The molecule has 6 unspecified atom stereocenters. The first kappa shape index (κ1) is 39.8. The van der Waals surface area contributed by atoms with Gasteiger partial charge in [0.1, 0.15) is 5.69 Å². The van der Waals surface area contributed by atoms with Gasteiger partial charge in [0.05, 0.1) is 42.1 Å². The number of hydrogen-bond acceptors (Lipinski definition) is 8. The van der Waals surface area contributed by atoms with Crippen LogP contribution in [-0.4, -0.2) is 62.1 Å². The molecule has 3 N–H and O–H groups in total. The number of carbonyl (C=O) groups excluding carboxylic acids is 2. The van der Waals surface area contributed by atoms with Gasteiger partial charge < -0.3 is 25.2 Å². The zero-order valence-corrected chi connectivity index (χ0v) is 33.8. The number of fused-ring (bicyclic) bond motifs is 2. The lowest BCUT2D eigenvalue weighted by molar-refractivity contribution is -0.255. The minimum absolute atomic E-state index is 0.0138. The molecule has 2 saturated heterocycles. The van der Waals surface area contributed by atoms with Crippen molar-refractivity contribution in [2.45, 2.75) is 115 Å². The first-order valence-corrected chi connectivity index (χ1v) is 20.9. The predicted octanol–water partition coefficient (Wildman–Crippen LogP) is 8.20. The van der Waals surface area contributed by atoms with E-state index in [1.54, 1.807) is 0 Å². The number of likely N-dealkylation sites (tertiary alicyclic amines) is 1. The van der Waals surface area contributed by atoms with E-state index in [0.29, 0.717) is 37.0 Å². The fraction of sp³-hybridized carbons (Fsp3) is 0.417. The number of rotatable bonds is 10. The van der Waals surface area contributed by atoms with Crippen molar-refractivity contribution in [1.29, 1.82) is 0 Å². The van der Waals surface area contributed by atoms with E-state index >= 15 is 0 Å². The summed E-state index contributed by atoms with van der Waals surface area (Å²) in [5.74, 6) is 0.438. The number of aromatic nitrogens is 2. The molecule has 10 heteroatoms. The van der Waals surface area contributed by atoms with Crippen LogP contribution in [0.2, 0.25) is 0 Å². The summed E-state index contributed by atoms with van der Waals surface area (Å²) in [6.07, 6.45) is 7.89. The zero-order chi connectivity index (χ0) is 40.2. The van der Waals surface area contributed by atoms with E-state index in [9.17, 15) is 14.7 Å². The maximum absolute atomic E-state index is 13.8. The number of aliphatic hydroxyl groups is 1. The fourth-order valence-electron chi connectivity index (χ4n) is 9.03. The van der Waals surface area contributed by atoms with Crippen LogP contribution in [0.15, 0.2) is 103 Å². The summed E-state index contributed by atoms with van der Waals surface area (Å²) in [5.41, 5.74) is 7.24. The van der Waals surface area contributed by atoms with E-state index in [-0.39, 0.29) is 47.9 Å². The van der Waals surface area contributed by atoms with Crippen LogP contribution in [0.3, 0.4) is 0 Å². The molecule has 10 nitrogen and oxygen atoms in total. The van der Waals surface area contributed by atoms with Gasteiger partial charge in [-0.3, -0.25) is 19.5 Å². The van der Waals surface area contributed by atoms with Gasteiger partial charge in [0.2, 0.25) is 5.91 Å². The average Bonchev–Trinajstić information content (AvgIpc) is 3.25. The van der Waals surface area contributed by atoms with Crippen LogP contribution in [0.1, 0.15) is 111 Å². The molecule has 58 heavy (non-hydrogen) atoms. The smallest absolute Gasteiger partial charge is 0.271 e. The summed E-state index contributed by atoms with van der Waals surface area (Å²) in [6.45, 7) is 7.14. The molecule has 3 heterocycles. The molecular weight excluding hydrogens is 727 g/mol. The molecule has 302 valence electrons. The number of nitrogens with zero attached hydrogens (tertiary/aromatic N) is 3. The van der Waals surface area contributed by atoms with Gasteiger partial charge in [-0.25, -0.2) is 4.98 Å². The van der Waals surface area contributed by atoms with Gasteiger partial charge in [-0.15, -0.1) is 0 Å². The van der Waals surface area contributed by atoms with Crippen molar-refractivity contribution < 1.29 is 24.2 Å². The Balaban J connectivity index is 0.997. The molecule has 5 aromatic rings. The maximum Gasteiger partial charge on any atom is 0.271 e. The molecule has 1 aromatic heterocycles. The minimum atomic E-state index is -0.608. The van der Waals surface area contributed by atoms with Gasteiger partial charge in [0.15, 0.2) is 6.29 Å². The number of para-hydroxylation sites is 2. The lowest BCUT2D eigenvalue weighted by Gasteiger charge is -2.50. The van der Waals surface area contributed by atoms with Gasteiger partial charge in [0, 0.05) is 36.7 Å². The van der Waals surface area contributed by atoms with E-state index in [1.165, 1.54) is 25.5 Å². The molecule has 3 fully saturated rings. The molecule has 3 aliphatic rings. The molecule has 2 amide bonds. The van der Waals surface area contributed by atoms with Crippen LogP contribution in [0, 0.1) is 5.92 Å². The molecular formula is C48H55N5O5. The summed E-state index contributed by atoms with van der Waals surface area (Å²) in [7, 11) is 0. The second-order valence-electron chi connectivity index (χ2n) is 17.2. The average molecular weight is 782 g/mol. The number of ether oxygens (including phenoxy) is 2. The van der Waals surface area contributed by atoms with Crippen LogP contribution in [0.4, 0.5) is 0 Å². The maximum atomic E-state index is 13.8. The largest absolute Gasteiger partial charge is 0.392 e. The topological polar surface area (TPSA) is 126 Å². The van der Waals surface area contributed by atoms with Crippen molar-refractivity contribution in [1.82, 2.24) is 25.5 Å². The van der Waals surface area contributed by atoms with E-state index in [4.69, 9.17) is 9.47 Å². The van der Waals surface area contributed by atoms with E-state index in [0.717, 1.165) is 58.2 Å². The minimum Gasteiger partial charge on any atom is -0.392 e. The summed E-state index contributed by atoms with van der Waals surface area (Å²) in [6, 6.07) is 32.1. The van der Waals surface area contributed by atoms with Crippen molar-refractivity contribution in [3.63, 3.8) is 0 Å². The molecule has 0 radical (unpaired) electrons. The lowest BCUT2D eigenvalue weighted by Crippen LogP contribution is -2.61. The number of benzene rings is 4. The lowest BCUT2D eigenvalue weighted by atomic mass is 9.75. The van der Waals surface area contributed by atoms with Gasteiger partial charge in [-0.1, -0.05) is 91.7 Å². The number of hydrogen-bond donors (Lipinski definition) is 3. The Labute approximate surface area is 341 Å². The monoisotopic (exact) mass is 781 g/mol. The summed E-state index contributed by atoms with van der Waals surface area (Å²) < 4.78 is 13.6. The number of amides is 2. The molecule has 0 bridgehead atoms. The molecule has 1 saturated carbocycles. The van der Waals surface area contributed by atoms with Crippen molar-refractivity contribution in [3.8, 4) is 11.1 Å². The van der Waals surface area contributed by atoms with Crippen LogP contribution in [0.25, 0.3) is 22.2 Å². The quantitative estimate of drug-likeness (QED) is 0.130. The van der Waals surface area contributed by atoms with Crippen LogP contribution in [0.5, 0.6) is 0 Å². The molecule has 4 aromatic carbocycles. The standard InChI is InChI=1S/C48H55N5O5/c1-48(2,3)52-46(56)43-24-23-34-10-4-7-14-42(34)53(43)29-38-26-44(35-17-15-31(30-54)16-18-35)58-47(57-38)36-21-19-33(20-22-36)37-11-8-9-32(25-37)27-50-45(55)41-28-49-39-12-5-6-13-40(39)51-41/h5-6,8-9,11-13,15-22,25,28,34,38,42-44,47,54H,4,7,10,14,23-24,26-27,29-30H2,1-3H3,(H,50,55)(H,52,56). The Bertz CT molecular complexity index is 2200. The highest BCUT2D eigenvalue weighted by molar-refractivity contribution is 5.93. The number of nitrogens with one attached hydrogen (secondary N) is 2. The number of piperidine rings is 1. The third-order valence-corrected chi connectivity index (χ3v) is 11.9. The first-order valence-electron chi connectivity index (χ1n) is 20.9. The van der Waals surface area contributed by atoms with Crippen LogP contribution < -0.4 is 10.6 Å². The Morgan fingerprint density at radius 1 is 0.810 bits per heavy atom. The summed E-state index contributed by atoms with van der Waals surface area (Å²) in [5, 5.41) is 16.0. The fourth-order valence-corrected chi connectivity index (χ4v) is 9.03. The Kier molecular flexibility index (Phi) is 12.0. The summed E-state index contributed by atoms with van der Waals surface area (Å²) >= 11 is 0. The Hall–Kier alpha value is -5.00. The van der Waals surface area contributed by atoms with Gasteiger partial charge >= 0.3 is 0 Å². The Morgan fingerprint density at radius 3 is 2.34 bits per heavy atom. The Morgan fingerprint density at radius 2 is 1.57 bits per heavy atom. The van der Waals surface area contributed by atoms with E-state index in [1.807, 2.05) is 81.4 Å². The third kappa shape index (κ3) is 9.31. The van der Waals surface area contributed by atoms with Crippen molar-refractivity contribution in [3.05, 3.63) is 131 Å². The van der Waals surface area contributed by atoms with Gasteiger partial charge in [-0.05, 0) is 98.4 Å². The highest BCUT2D eigenvalue weighted by Gasteiger charge is 2.44. The SMILES string of the molecule is CC(C)(C)NC(=O)C1CCC2CCCCC2N1CC1CC(c2ccc(CO)cc2)OC(c2ccc(-c3cccc(CNC(=O)c4cnc5ccccc5n4)c3)cc2)O1. The van der Waals surface area contributed by atoms with Crippen LogP contribution in [-0.2, 0) is 27.4 Å². The summed E-state index contributed by atoms with van der Waals surface area (Å²) in [4.78, 5) is 38.2. The zero-order valence-electron chi connectivity index (χ0n) is 33.8. The van der Waals surface area contributed by atoms with Crippen LogP contribution >= 0.6 is 0 Å². The second-order valence-corrected chi connectivity index (χ2v) is 17.2. The van der Waals surface area contributed by atoms with E-state index < -0.39 is 6.29 Å². The van der Waals surface area contributed by atoms with Crippen molar-refractivity contribution >= 4 is 22.8 Å². The highest BCUT2D eigenvalue weighted by Crippen LogP contribution is 2.42. The molecule has 0 spiro atoms. The molecule has 1 aliphatic carbocycles. The van der Waals surface area contributed by atoms with Crippen molar-refractivity contribution in [2.75, 3.05) is 6.54 Å². The number of aliphatic hydroxyl groups excluding tert-OH is 1. The third-order valence-electron chi connectivity index (χ3n) is 11.9. The van der Waals surface area contributed by atoms with Gasteiger partial charge in [0.25, 0.3) is 5.91 Å². The molecule has 2 aliphatic heterocycles. The first-order chi connectivity index (χ1) is 28.1. The van der Waals surface area contributed by atoms with Crippen molar-refractivity contribution in [2.24, 2.45) is 5.92 Å². The highest BCUT2D eigenvalue weighted by atomic mass is 16.7. The molecule has 6 atom stereocenters. The number of carbonyl (C=O) groups is 2. The molecule has 8 rings (SSSR count). The predicted molar refractivity (Wildman–Crippen MR) is 224 cm³/mol. The van der Waals surface area contributed by atoms with E-state index in [2.05, 4.69) is 61.9 Å². The second kappa shape index (κ2) is 17.5.